The molecule has 120 valence electrons. The van der Waals surface area contributed by atoms with Crippen molar-refractivity contribution < 1.29 is 19.8 Å². The van der Waals surface area contributed by atoms with E-state index in [1.807, 2.05) is 6.92 Å². The zero-order valence-electron chi connectivity index (χ0n) is 13.3. The summed E-state index contributed by atoms with van der Waals surface area (Å²) in [6.45, 7) is 7.85. The van der Waals surface area contributed by atoms with Crippen LogP contribution in [0.15, 0.2) is 0 Å². The van der Waals surface area contributed by atoms with Gasteiger partial charge >= 0.3 is 6.09 Å². The first-order chi connectivity index (χ1) is 9.60. The normalized spacial score (nSPS) is 22.4. The molecule has 0 aromatic heterocycles. The second-order valence-corrected chi connectivity index (χ2v) is 7.32. The van der Waals surface area contributed by atoms with Crippen LogP contribution < -0.4 is 0 Å². The molecule has 6 heteroatoms. The summed E-state index contributed by atoms with van der Waals surface area (Å²) in [4.78, 5) is 26.9. The topological polar surface area (TPSA) is 81.1 Å². The lowest BCUT2D eigenvalue weighted by Gasteiger charge is -2.49. The molecular formula is C15H26N2O4. The highest BCUT2D eigenvalue weighted by molar-refractivity contribution is 5.86. The molecule has 2 fully saturated rings. The number of nitrogens with zero attached hydrogens (tertiary/aromatic N) is 2. The molecule has 0 aromatic carbocycles. The minimum Gasteiger partial charge on any atom is -0.465 e. The Morgan fingerprint density at radius 1 is 1.33 bits per heavy atom. The van der Waals surface area contributed by atoms with Gasteiger partial charge in [-0.15, -0.1) is 0 Å². The zero-order chi connectivity index (χ0) is 16.0. The summed E-state index contributed by atoms with van der Waals surface area (Å²) in [6.07, 6.45) is 1.40. The molecular weight excluding hydrogens is 272 g/mol. The van der Waals surface area contributed by atoms with Crippen LogP contribution in [-0.4, -0.2) is 62.3 Å². The number of aliphatic hydroxyl groups is 1. The molecule has 1 unspecified atom stereocenters. The highest BCUT2D eigenvalue weighted by atomic mass is 16.4. The van der Waals surface area contributed by atoms with Crippen molar-refractivity contribution in [2.45, 2.75) is 64.1 Å². The number of hydrogen-bond acceptors (Lipinski definition) is 3. The molecule has 1 saturated carbocycles. The molecule has 2 aliphatic rings. The van der Waals surface area contributed by atoms with Gasteiger partial charge < -0.3 is 15.1 Å². The Labute approximate surface area is 125 Å². The van der Waals surface area contributed by atoms with E-state index in [0.29, 0.717) is 25.4 Å². The molecule has 0 bridgehead atoms. The average molecular weight is 298 g/mol. The first-order valence-electron chi connectivity index (χ1n) is 7.63. The third-order valence-electron chi connectivity index (χ3n) is 4.49. The van der Waals surface area contributed by atoms with Crippen LogP contribution in [0.2, 0.25) is 0 Å². The van der Waals surface area contributed by atoms with Gasteiger partial charge in [-0.1, -0.05) is 6.92 Å². The SMILES string of the molecule is CCC(C(=O)N1CC(O)(C2CC2)C1)N(C(=O)O)C(C)(C)C. The van der Waals surface area contributed by atoms with Crippen molar-refractivity contribution in [3.63, 3.8) is 0 Å². The third kappa shape index (κ3) is 3.00. The van der Waals surface area contributed by atoms with E-state index >= 15 is 0 Å². The van der Waals surface area contributed by atoms with E-state index in [-0.39, 0.29) is 5.91 Å². The van der Waals surface area contributed by atoms with E-state index in [2.05, 4.69) is 0 Å². The molecule has 1 heterocycles. The summed E-state index contributed by atoms with van der Waals surface area (Å²) < 4.78 is 0. The van der Waals surface area contributed by atoms with E-state index in [4.69, 9.17) is 0 Å². The fourth-order valence-corrected chi connectivity index (χ4v) is 3.22. The minimum atomic E-state index is -1.08. The molecule has 1 atom stereocenters. The minimum absolute atomic E-state index is 0.194. The highest BCUT2D eigenvalue weighted by Gasteiger charge is 2.54. The summed E-state index contributed by atoms with van der Waals surface area (Å²) in [5.74, 6) is 0.125. The van der Waals surface area contributed by atoms with Crippen LogP contribution in [0.4, 0.5) is 4.79 Å². The van der Waals surface area contributed by atoms with E-state index in [0.717, 1.165) is 12.8 Å². The van der Waals surface area contributed by atoms with E-state index in [9.17, 15) is 19.8 Å². The van der Waals surface area contributed by atoms with Crippen molar-refractivity contribution >= 4 is 12.0 Å². The van der Waals surface area contributed by atoms with Gasteiger partial charge in [-0.05, 0) is 46.0 Å². The van der Waals surface area contributed by atoms with Gasteiger partial charge in [0.25, 0.3) is 0 Å². The smallest absolute Gasteiger partial charge is 0.408 e. The Balaban J connectivity index is 2.06. The van der Waals surface area contributed by atoms with Crippen molar-refractivity contribution in [1.29, 1.82) is 0 Å². The van der Waals surface area contributed by atoms with Crippen LogP contribution in [0.1, 0.15) is 47.0 Å². The summed E-state index contributed by atoms with van der Waals surface area (Å²) >= 11 is 0. The molecule has 2 rings (SSSR count). The zero-order valence-corrected chi connectivity index (χ0v) is 13.3. The Morgan fingerprint density at radius 3 is 2.19 bits per heavy atom. The Bertz CT molecular complexity index is 433. The van der Waals surface area contributed by atoms with Crippen LogP contribution in [0.5, 0.6) is 0 Å². The van der Waals surface area contributed by atoms with Gasteiger partial charge in [-0.3, -0.25) is 9.69 Å². The summed E-state index contributed by atoms with van der Waals surface area (Å²) in [5, 5.41) is 19.7. The van der Waals surface area contributed by atoms with Crippen LogP contribution in [0.3, 0.4) is 0 Å². The number of carbonyl (C=O) groups is 2. The van der Waals surface area contributed by atoms with Crippen LogP contribution >= 0.6 is 0 Å². The summed E-state index contributed by atoms with van der Waals surface area (Å²) in [7, 11) is 0. The van der Waals surface area contributed by atoms with Gasteiger partial charge in [0.1, 0.15) is 11.6 Å². The predicted molar refractivity (Wildman–Crippen MR) is 77.9 cm³/mol. The largest absolute Gasteiger partial charge is 0.465 e. The number of carboxylic acid groups (broad SMARTS) is 1. The van der Waals surface area contributed by atoms with Crippen molar-refractivity contribution in [2.75, 3.05) is 13.1 Å². The van der Waals surface area contributed by atoms with Gasteiger partial charge in [-0.2, -0.15) is 0 Å². The summed E-state index contributed by atoms with van der Waals surface area (Å²) in [5.41, 5.74) is -1.37. The third-order valence-corrected chi connectivity index (χ3v) is 4.49. The monoisotopic (exact) mass is 298 g/mol. The quantitative estimate of drug-likeness (QED) is 0.824. The lowest BCUT2D eigenvalue weighted by Crippen LogP contribution is -2.68. The molecule has 2 amide bonds. The van der Waals surface area contributed by atoms with Crippen molar-refractivity contribution in [2.24, 2.45) is 5.92 Å². The van der Waals surface area contributed by atoms with Gasteiger partial charge in [0.2, 0.25) is 5.91 Å². The molecule has 2 N–H and O–H groups in total. The fraction of sp³-hybridized carbons (Fsp3) is 0.867. The van der Waals surface area contributed by atoms with Gasteiger partial charge in [0.15, 0.2) is 0 Å². The first-order valence-corrected chi connectivity index (χ1v) is 7.63. The Hall–Kier alpha value is -1.30. The van der Waals surface area contributed by atoms with Crippen molar-refractivity contribution in [1.82, 2.24) is 9.80 Å². The van der Waals surface area contributed by atoms with Crippen molar-refractivity contribution in [3.05, 3.63) is 0 Å². The Kier molecular flexibility index (Phi) is 3.95. The van der Waals surface area contributed by atoms with Gasteiger partial charge in [0.05, 0.1) is 13.1 Å². The van der Waals surface area contributed by atoms with Gasteiger partial charge in [0, 0.05) is 5.54 Å². The molecule has 1 aliphatic heterocycles. The molecule has 0 radical (unpaired) electrons. The van der Waals surface area contributed by atoms with Crippen LogP contribution in [-0.2, 0) is 4.79 Å². The number of likely N-dealkylation sites (tertiary alicyclic amines) is 1. The van der Waals surface area contributed by atoms with E-state index < -0.39 is 23.3 Å². The number of β-amino-alcohol motifs (C(OH)–C–C–N with tert-alkyl or cyclic N) is 1. The number of rotatable bonds is 4. The first kappa shape index (κ1) is 16.1. The van der Waals surface area contributed by atoms with E-state index in [1.165, 1.54) is 4.90 Å². The maximum absolute atomic E-state index is 12.6. The highest BCUT2D eigenvalue weighted by Crippen LogP contribution is 2.44. The molecule has 1 aliphatic carbocycles. The second-order valence-electron chi connectivity index (χ2n) is 7.32. The number of hydrogen-bond donors (Lipinski definition) is 2. The fourth-order valence-electron chi connectivity index (χ4n) is 3.22. The average Bonchev–Trinajstić information content (AvgIpc) is 3.12. The van der Waals surface area contributed by atoms with Crippen LogP contribution in [0, 0.1) is 5.92 Å². The maximum atomic E-state index is 12.6. The lowest BCUT2D eigenvalue weighted by molar-refractivity contribution is -0.165. The van der Waals surface area contributed by atoms with Crippen molar-refractivity contribution in [3.8, 4) is 0 Å². The van der Waals surface area contributed by atoms with Crippen LogP contribution in [0.25, 0.3) is 0 Å². The number of amides is 2. The molecule has 6 nitrogen and oxygen atoms in total. The molecule has 0 aromatic rings. The predicted octanol–water partition coefficient (Wildman–Crippen LogP) is 1.53. The molecule has 1 saturated heterocycles. The lowest BCUT2D eigenvalue weighted by atomic mass is 9.87. The molecule has 21 heavy (non-hydrogen) atoms. The standard InChI is InChI=1S/C15H26N2O4/c1-5-11(17(13(19)20)14(2,3)4)12(18)16-8-15(21,9-16)10-6-7-10/h10-11,21H,5-9H2,1-4H3,(H,19,20). The maximum Gasteiger partial charge on any atom is 0.408 e. The number of carbonyl (C=O) groups excluding carboxylic acids is 1. The van der Waals surface area contributed by atoms with Gasteiger partial charge in [-0.25, -0.2) is 4.79 Å². The van der Waals surface area contributed by atoms with E-state index in [1.54, 1.807) is 25.7 Å². The second kappa shape index (κ2) is 5.16. The summed E-state index contributed by atoms with van der Waals surface area (Å²) in [6, 6.07) is -0.689. The Morgan fingerprint density at radius 2 is 1.86 bits per heavy atom. The molecule has 0 spiro atoms.